The average Bonchev–Trinajstić information content (AvgIpc) is 2.30. The van der Waals surface area contributed by atoms with E-state index in [9.17, 15) is 18.4 Å². The zero-order chi connectivity index (χ0) is 13.9. The molecule has 1 rings (SSSR count). The summed E-state index contributed by atoms with van der Waals surface area (Å²) in [6.07, 6.45) is -1.78. The molecule has 1 atom stereocenters. The molecule has 0 unspecified atom stereocenters. The lowest BCUT2D eigenvalue weighted by Crippen LogP contribution is -2.36. The van der Waals surface area contributed by atoms with Gasteiger partial charge in [-0.1, -0.05) is 0 Å². The number of carboxylic acid groups (broad SMARTS) is 1. The highest BCUT2D eigenvalue weighted by Crippen LogP contribution is 2.13. The molecule has 0 radical (unpaired) electrons. The fourth-order valence-corrected chi connectivity index (χ4v) is 1.20. The molecule has 0 saturated heterocycles. The van der Waals surface area contributed by atoms with Crippen LogP contribution in [0.2, 0.25) is 0 Å². The molecule has 0 aromatic heterocycles. The van der Waals surface area contributed by atoms with Crippen molar-refractivity contribution in [3.05, 3.63) is 34.9 Å². The number of rotatable bonds is 4. The molecule has 0 bridgehead atoms. The van der Waals surface area contributed by atoms with Crippen LogP contribution in [0.3, 0.4) is 0 Å². The standard InChI is InChI=1S/C11H11F2NO4/c1-5-2-6(8(13)3-7(5)12)10(16)14-4-9(15)11(17)18/h2-3,9,15H,4H2,1H3,(H,14,16)(H,17,18)/t9-/m0/s1. The second-order valence-electron chi connectivity index (χ2n) is 3.65. The Morgan fingerprint density at radius 2 is 1.94 bits per heavy atom. The SMILES string of the molecule is Cc1cc(C(=O)NC[C@H](O)C(=O)O)c(F)cc1F. The second kappa shape index (κ2) is 5.54. The van der Waals surface area contributed by atoms with Crippen LogP contribution in [0.1, 0.15) is 15.9 Å². The number of carboxylic acids is 1. The summed E-state index contributed by atoms with van der Waals surface area (Å²) in [6.45, 7) is 0.793. The number of carbonyl (C=O) groups excluding carboxylic acids is 1. The molecule has 5 nitrogen and oxygen atoms in total. The number of halogens is 2. The Bertz CT molecular complexity index is 490. The number of hydrogen-bond donors (Lipinski definition) is 3. The van der Waals surface area contributed by atoms with Gasteiger partial charge in [0.05, 0.1) is 12.1 Å². The molecule has 98 valence electrons. The molecule has 0 fully saturated rings. The van der Waals surface area contributed by atoms with Crippen molar-refractivity contribution in [3.8, 4) is 0 Å². The molecule has 7 heteroatoms. The smallest absolute Gasteiger partial charge is 0.334 e. The Morgan fingerprint density at radius 1 is 1.33 bits per heavy atom. The number of hydrogen-bond acceptors (Lipinski definition) is 3. The fraction of sp³-hybridized carbons (Fsp3) is 0.273. The summed E-state index contributed by atoms with van der Waals surface area (Å²) in [6, 6.07) is 1.57. The highest BCUT2D eigenvalue weighted by Gasteiger charge is 2.18. The van der Waals surface area contributed by atoms with E-state index in [2.05, 4.69) is 0 Å². The third kappa shape index (κ3) is 3.24. The van der Waals surface area contributed by atoms with E-state index in [1.165, 1.54) is 6.92 Å². The van der Waals surface area contributed by atoms with Gasteiger partial charge in [-0.2, -0.15) is 0 Å². The Hall–Kier alpha value is -2.02. The van der Waals surface area contributed by atoms with Gasteiger partial charge in [0, 0.05) is 6.07 Å². The van der Waals surface area contributed by atoms with Gasteiger partial charge in [-0.25, -0.2) is 13.6 Å². The van der Waals surface area contributed by atoms with Crippen LogP contribution in [-0.2, 0) is 4.79 Å². The molecular weight excluding hydrogens is 248 g/mol. The van der Waals surface area contributed by atoms with Gasteiger partial charge in [0.1, 0.15) is 11.6 Å². The summed E-state index contributed by atoms with van der Waals surface area (Å²) in [5.41, 5.74) is -0.327. The zero-order valence-corrected chi connectivity index (χ0v) is 9.41. The number of aliphatic carboxylic acids is 1. The Balaban J connectivity index is 2.79. The van der Waals surface area contributed by atoms with Crippen molar-refractivity contribution in [3.63, 3.8) is 0 Å². The highest BCUT2D eigenvalue weighted by molar-refractivity contribution is 5.95. The van der Waals surface area contributed by atoms with Crippen LogP contribution >= 0.6 is 0 Å². The average molecular weight is 259 g/mol. The van der Waals surface area contributed by atoms with Gasteiger partial charge < -0.3 is 15.5 Å². The lowest BCUT2D eigenvalue weighted by atomic mass is 10.1. The predicted octanol–water partition coefficient (Wildman–Crippen LogP) is 0.449. The van der Waals surface area contributed by atoms with Crippen LogP contribution in [0.25, 0.3) is 0 Å². The van der Waals surface area contributed by atoms with E-state index in [0.717, 1.165) is 6.07 Å². The van der Waals surface area contributed by atoms with E-state index in [1.807, 2.05) is 5.32 Å². The third-order valence-electron chi connectivity index (χ3n) is 2.23. The maximum absolute atomic E-state index is 13.3. The first-order valence-corrected chi connectivity index (χ1v) is 4.97. The molecule has 1 aromatic carbocycles. The van der Waals surface area contributed by atoms with Crippen molar-refractivity contribution in [2.24, 2.45) is 0 Å². The first kappa shape index (κ1) is 14.0. The van der Waals surface area contributed by atoms with Gasteiger partial charge in [0.15, 0.2) is 6.10 Å². The molecule has 0 aliphatic carbocycles. The van der Waals surface area contributed by atoms with Crippen molar-refractivity contribution < 1.29 is 28.6 Å². The van der Waals surface area contributed by atoms with E-state index in [0.29, 0.717) is 6.07 Å². The molecule has 0 heterocycles. The summed E-state index contributed by atoms with van der Waals surface area (Å²) in [7, 11) is 0. The van der Waals surface area contributed by atoms with Crippen LogP contribution in [0.15, 0.2) is 12.1 Å². The normalized spacial score (nSPS) is 12.0. The van der Waals surface area contributed by atoms with Crippen LogP contribution < -0.4 is 5.32 Å². The molecule has 1 amide bonds. The topological polar surface area (TPSA) is 86.6 Å². The zero-order valence-electron chi connectivity index (χ0n) is 9.41. The van der Waals surface area contributed by atoms with Crippen molar-refractivity contribution in [1.29, 1.82) is 0 Å². The van der Waals surface area contributed by atoms with Gasteiger partial charge in [-0.3, -0.25) is 4.79 Å². The largest absolute Gasteiger partial charge is 0.479 e. The van der Waals surface area contributed by atoms with Gasteiger partial charge in [-0.15, -0.1) is 0 Å². The van der Waals surface area contributed by atoms with E-state index < -0.39 is 41.7 Å². The van der Waals surface area contributed by atoms with Crippen LogP contribution in [0.4, 0.5) is 8.78 Å². The van der Waals surface area contributed by atoms with Gasteiger partial charge >= 0.3 is 5.97 Å². The minimum Gasteiger partial charge on any atom is -0.479 e. The van der Waals surface area contributed by atoms with Crippen molar-refractivity contribution in [1.82, 2.24) is 5.32 Å². The summed E-state index contributed by atoms with van der Waals surface area (Å²) >= 11 is 0. The number of aliphatic hydroxyl groups excluding tert-OH is 1. The molecular formula is C11H11F2NO4. The summed E-state index contributed by atoms with van der Waals surface area (Å²) in [4.78, 5) is 21.8. The number of nitrogens with one attached hydrogen (secondary N) is 1. The fourth-order valence-electron chi connectivity index (χ4n) is 1.20. The van der Waals surface area contributed by atoms with Crippen LogP contribution in [-0.4, -0.2) is 34.7 Å². The summed E-state index contributed by atoms with van der Waals surface area (Å²) in [5, 5.41) is 19.3. The number of amides is 1. The first-order chi connectivity index (χ1) is 8.32. The Labute approximate surface area is 101 Å². The molecule has 3 N–H and O–H groups in total. The van der Waals surface area contributed by atoms with E-state index >= 15 is 0 Å². The van der Waals surface area contributed by atoms with Crippen molar-refractivity contribution in [2.45, 2.75) is 13.0 Å². The minimum atomic E-state index is -1.78. The van der Waals surface area contributed by atoms with Crippen LogP contribution in [0.5, 0.6) is 0 Å². The number of benzene rings is 1. The number of aliphatic hydroxyl groups is 1. The lowest BCUT2D eigenvalue weighted by molar-refractivity contribution is -0.146. The molecule has 0 aliphatic heterocycles. The lowest BCUT2D eigenvalue weighted by Gasteiger charge is -2.09. The van der Waals surface area contributed by atoms with Gasteiger partial charge in [-0.05, 0) is 18.6 Å². The third-order valence-corrected chi connectivity index (χ3v) is 2.23. The van der Waals surface area contributed by atoms with E-state index in [4.69, 9.17) is 10.2 Å². The minimum absolute atomic E-state index is 0.0836. The molecule has 1 aromatic rings. The van der Waals surface area contributed by atoms with E-state index in [1.54, 1.807) is 0 Å². The van der Waals surface area contributed by atoms with Crippen LogP contribution in [0, 0.1) is 18.6 Å². The first-order valence-electron chi connectivity index (χ1n) is 4.97. The molecule has 0 aliphatic rings. The van der Waals surface area contributed by atoms with Gasteiger partial charge in [0.25, 0.3) is 5.91 Å². The van der Waals surface area contributed by atoms with E-state index in [-0.39, 0.29) is 5.56 Å². The number of carbonyl (C=O) groups is 2. The number of aryl methyl sites for hydroxylation is 1. The van der Waals surface area contributed by atoms with Gasteiger partial charge in [0.2, 0.25) is 0 Å². The maximum Gasteiger partial charge on any atom is 0.334 e. The molecule has 18 heavy (non-hydrogen) atoms. The highest BCUT2D eigenvalue weighted by atomic mass is 19.1. The predicted molar refractivity (Wildman–Crippen MR) is 57.1 cm³/mol. The molecule has 0 spiro atoms. The molecule has 0 saturated carbocycles. The van der Waals surface area contributed by atoms with Crippen molar-refractivity contribution in [2.75, 3.05) is 6.54 Å². The van der Waals surface area contributed by atoms with Crippen molar-refractivity contribution >= 4 is 11.9 Å². The quantitative estimate of drug-likeness (QED) is 0.732. The monoisotopic (exact) mass is 259 g/mol. The Kier molecular flexibility index (Phi) is 4.33. The summed E-state index contributed by atoms with van der Waals surface area (Å²) < 4.78 is 26.2. The Morgan fingerprint density at radius 3 is 2.50 bits per heavy atom. The second-order valence-corrected chi connectivity index (χ2v) is 3.65. The maximum atomic E-state index is 13.3. The summed E-state index contributed by atoms with van der Waals surface area (Å²) in [5.74, 6) is -4.27.